The molecule has 0 bridgehead atoms. The number of fused-ring (bicyclic) bond motifs is 3. The standard InChI is InChI=1S/C20H29N3O/c1-4-5-6-7-20(24)21-14-8-10-18-16(12-14)17-13-15(23(2)3)9-11-19(17)22-18/h8,10,12,15,22H,4-7,9,11,13H2,1-3H3,(H,21,24). The van der Waals surface area contributed by atoms with E-state index in [-0.39, 0.29) is 5.91 Å². The van der Waals surface area contributed by atoms with Crippen LogP contribution in [0.2, 0.25) is 0 Å². The van der Waals surface area contributed by atoms with Gasteiger partial charge in [0.15, 0.2) is 0 Å². The van der Waals surface area contributed by atoms with Crippen molar-refractivity contribution in [3.05, 3.63) is 29.5 Å². The zero-order valence-corrected chi connectivity index (χ0v) is 15.1. The number of hydrogen-bond acceptors (Lipinski definition) is 2. The van der Waals surface area contributed by atoms with Crippen LogP contribution in [-0.4, -0.2) is 35.9 Å². The number of benzene rings is 1. The Balaban J connectivity index is 1.78. The molecule has 1 heterocycles. The number of nitrogens with zero attached hydrogens (tertiary/aromatic N) is 1. The SMILES string of the molecule is CCCCCC(=O)Nc1ccc2[nH]c3c(c2c1)CC(N(C)C)CC3. The molecule has 0 saturated heterocycles. The minimum absolute atomic E-state index is 0.123. The van der Waals surface area contributed by atoms with Gasteiger partial charge in [-0.15, -0.1) is 0 Å². The first kappa shape index (κ1) is 17.0. The molecule has 130 valence electrons. The summed E-state index contributed by atoms with van der Waals surface area (Å²) in [5.41, 5.74) is 4.90. The van der Waals surface area contributed by atoms with Gasteiger partial charge in [-0.25, -0.2) is 0 Å². The Labute approximate surface area is 144 Å². The number of amides is 1. The van der Waals surface area contributed by atoms with E-state index in [1.807, 2.05) is 6.07 Å². The molecule has 1 aromatic heterocycles. The van der Waals surface area contributed by atoms with Gasteiger partial charge in [0.25, 0.3) is 0 Å². The Hall–Kier alpha value is -1.81. The van der Waals surface area contributed by atoms with Crippen molar-refractivity contribution in [2.45, 2.75) is 57.9 Å². The number of likely N-dealkylation sites (N-methyl/N-ethyl adjacent to an activating group) is 1. The Kier molecular flexibility index (Phi) is 5.24. The lowest BCUT2D eigenvalue weighted by Gasteiger charge is -2.28. The number of carbonyl (C=O) groups excluding carboxylic acids is 1. The van der Waals surface area contributed by atoms with E-state index >= 15 is 0 Å². The maximum Gasteiger partial charge on any atom is 0.224 e. The molecule has 4 heteroatoms. The maximum absolute atomic E-state index is 12.1. The normalized spacial score (nSPS) is 17.2. The number of aromatic amines is 1. The molecule has 24 heavy (non-hydrogen) atoms. The van der Waals surface area contributed by atoms with Crippen LogP contribution in [0.5, 0.6) is 0 Å². The van der Waals surface area contributed by atoms with Crippen molar-refractivity contribution < 1.29 is 4.79 Å². The lowest BCUT2D eigenvalue weighted by molar-refractivity contribution is -0.116. The molecule has 1 amide bonds. The third-order valence-corrected chi connectivity index (χ3v) is 5.18. The lowest BCUT2D eigenvalue weighted by Crippen LogP contribution is -2.33. The van der Waals surface area contributed by atoms with E-state index in [0.29, 0.717) is 12.5 Å². The monoisotopic (exact) mass is 327 g/mol. The van der Waals surface area contributed by atoms with Gasteiger partial charge in [-0.1, -0.05) is 19.8 Å². The molecule has 1 aliphatic rings. The first-order chi connectivity index (χ1) is 11.6. The van der Waals surface area contributed by atoms with Crippen molar-refractivity contribution in [1.29, 1.82) is 0 Å². The van der Waals surface area contributed by atoms with Gasteiger partial charge in [0, 0.05) is 34.7 Å². The molecule has 1 aromatic carbocycles. The Morgan fingerprint density at radius 2 is 2.17 bits per heavy atom. The number of H-pyrrole nitrogens is 1. The second-order valence-electron chi connectivity index (χ2n) is 7.21. The fraction of sp³-hybridized carbons (Fsp3) is 0.550. The first-order valence-corrected chi connectivity index (χ1v) is 9.18. The van der Waals surface area contributed by atoms with Crippen LogP contribution in [0.15, 0.2) is 18.2 Å². The number of unbranched alkanes of at least 4 members (excludes halogenated alkanes) is 2. The summed E-state index contributed by atoms with van der Waals surface area (Å²) in [7, 11) is 4.32. The zero-order valence-electron chi connectivity index (χ0n) is 15.1. The van der Waals surface area contributed by atoms with Crippen LogP contribution in [0.4, 0.5) is 5.69 Å². The molecule has 1 unspecified atom stereocenters. The largest absolute Gasteiger partial charge is 0.358 e. The van der Waals surface area contributed by atoms with Gasteiger partial charge in [0.1, 0.15) is 0 Å². The molecule has 4 nitrogen and oxygen atoms in total. The van der Waals surface area contributed by atoms with E-state index in [0.717, 1.165) is 37.8 Å². The van der Waals surface area contributed by atoms with Crippen LogP contribution in [0.3, 0.4) is 0 Å². The molecule has 0 saturated carbocycles. The van der Waals surface area contributed by atoms with E-state index in [9.17, 15) is 4.79 Å². The summed E-state index contributed by atoms with van der Waals surface area (Å²) in [6.07, 6.45) is 7.22. The van der Waals surface area contributed by atoms with Crippen molar-refractivity contribution in [1.82, 2.24) is 9.88 Å². The number of carbonyl (C=O) groups is 1. The highest BCUT2D eigenvalue weighted by molar-refractivity contribution is 5.95. The predicted molar refractivity (Wildman–Crippen MR) is 101 cm³/mol. The Bertz CT molecular complexity index is 717. The molecule has 1 atom stereocenters. The highest BCUT2D eigenvalue weighted by Crippen LogP contribution is 2.32. The van der Waals surface area contributed by atoms with Crippen LogP contribution >= 0.6 is 0 Å². The summed E-state index contributed by atoms with van der Waals surface area (Å²) < 4.78 is 0. The molecule has 1 aliphatic carbocycles. The van der Waals surface area contributed by atoms with Crippen LogP contribution in [0, 0.1) is 0 Å². The molecule has 0 spiro atoms. The smallest absolute Gasteiger partial charge is 0.224 e. The minimum Gasteiger partial charge on any atom is -0.358 e. The molecule has 0 fully saturated rings. The van der Waals surface area contributed by atoms with Crippen LogP contribution in [-0.2, 0) is 17.6 Å². The molecular weight excluding hydrogens is 298 g/mol. The quantitative estimate of drug-likeness (QED) is 0.785. The van der Waals surface area contributed by atoms with Crippen molar-refractivity contribution in [2.75, 3.05) is 19.4 Å². The highest BCUT2D eigenvalue weighted by Gasteiger charge is 2.23. The number of nitrogens with one attached hydrogen (secondary N) is 2. The van der Waals surface area contributed by atoms with Crippen molar-refractivity contribution in [3.63, 3.8) is 0 Å². The average Bonchev–Trinajstić information content (AvgIpc) is 2.92. The highest BCUT2D eigenvalue weighted by atomic mass is 16.1. The van der Waals surface area contributed by atoms with E-state index in [2.05, 4.69) is 48.4 Å². The number of hydrogen-bond donors (Lipinski definition) is 2. The molecule has 2 aromatic rings. The van der Waals surface area contributed by atoms with E-state index in [1.165, 1.54) is 28.6 Å². The number of aromatic nitrogens is 1. The van der Waals surface area contributed by atoms with Crippen molar-refractivity contribution in [3.8, 4) is 0 Å². The summed E-state index contributed by atoms with van der Waals surface area (Å²) in [5, 5.41) is 4.33. The molecule has 0 radical (unpaired) electrons. The zero-order chi connectivity index (χ0) is 17.1. The minimum atomic E-state index is 0.123. The fourth-order valence-electron chi connectivity index (χ4n) is 3.68. The molecular formula is C20H29N3O. The van der Waals surface area contributed by atoms with E-state index < -0.39 is 0 Å². The van der Waals surface area contributed by atoms with Gasteiger partial charge in [0.05, 0.1) is 0 Å². The molecule has 0 aliphatic heterocycles. The third kappa shape index (κ3) is 3.64. The van der Waals surface area contributed by atoms with Gasteiger partial charge < -0.3 is 15.2 Å². The predicted octanol–water partition coefficient (Wildman–Crippen LogP) is 4.11. The van der Waals surface area contributed by atoms with Crippen molar-refractivity contribution in [2.24, 2.45) is 0 Å². The summed E-state index contributed by atoms with van der Waals surface area (Å²) in [5.74, 6) is 0.123. The summed E-state index contributed by atoms with van der Waals surface area (Å²) >= 11 is 0. The lowest BCUT2D eigenvalue weighted by atomic mass is 9.91. The maximum atomic E-state index is 12.1. The fourth-order valence-corrected chi connectivity index (χ4v) is 3.68. The number of rotatable bonds is 6. The Morgan fingerprint density at radius 3 is 2.92 bits per heavy atom. The first-order valence-electron chi connectivity index (χ1n) is 9.18. The summed E-state index contributed by atoms with van der Waals surface area (Å²) in [6.45, 7) is 2.15. The van der Waals surface area contributed by atoms with Crippen LogP contribution < -0.4 is 5.32 Å². The van der Waals surface area contributed by atoms with Gasteiger partial charge in [-0.05, 0) is 63.5 Å². The second-order valence-corrected chi connectivity index (χ2v) is 7.21. The Morgan fingerprint density at radius 1 is 1.33 bits per heavy atom. The van der Waals surface area contributed by atoms with Gasteiger partial charge in [-0.2, -0.15) is 0 Å². The van der Waals surface area contributed by atoms with Gasteiger partial charge in [-0.3, -0.25) is 4.79 Å². The van der Waals surface area contributed by atoms with Gasteiger partial charge >= 0.3 is 0 Å². The molecule has 3 rings (SSSR count). The van der Waals surface area contributed by atoms with Crippen molar-refractivity contribution >= 4 is 22.5 Å². The second kappa shape index (κ2) is 7.39. The van der Waals surface area contributed by atoms with Gasteiger partial charge in [0.2, 0.25) is 5.91 Å². The van der Waals surface area contributed by atoms with Crippen LogP contribution in [0.25, 0.3) is 10.9 Å². The average molecular weight is 327 g/mol. The van der Waals surface area contributed by atoms with Crippen LogP contribution in [0.1, 0.15) is 50.3 Å². The molecule has 2 N–H and O–H groups in total. The number of aryl methyl sites for hydroxylation is 1. The third-order valence-electron chi connectivity index (χ3n) is 5.18. The number of anilines is 1. The topological polar surface area (TPSA) is 48.1 Å². The summed E-state index contributed by atoms with van der Waals surface area (Å²) in [4.78, 5) is 18.0. The van der Waals surface area contributed by atoms with E-state index in [1.54, 1.807) is 0 Å². The summed E-state index contributed by atoms with van der Waals surface area (Å²) in [6, 6.07) is 6.84. The van der Waals surface area contributed by atoms with E-state index in [4.69, 9.17) is 0 Å².